The first-order valence-corrected chi connectivity index (χ1v) is 7.61. The van der Waals surface area contributed by atoms with Crippen LogP contribution in [0.5, 0.6) is 0 Å². The average molecular weight is 323 g/mol. The molecule has 2 atom stereocenters. The maximum absolute atomic E-state index is 13.0. The number of hydrogen-bond donors (Lipinski definition) is 2. The van der Waals surface area contributed by atoms with Crippen LogP contribution in [0.1, 0.15) is 19.4 Å². The van der Waals surface area contributed by atoms with Crippen LogP contribution in [0.2, 0.25) is 0 Å². The third-order valence-corrected chi connectivity index (χ3v) is 4.13. The SMILES string of the molecule is CC1CN(C(=O)CNC(=O)O)C(C)CN1Cc1ccc(F)cc1. The summed E-state index contributed by atoms with van der Waals surface area (Å²) in [5, 5.41) is 10.7. The predicted molar refractivity (Wildman–Crippen MR) is 83.5 cm³/mol. The molecule has 1 aromatic carbocycles. The van der Waals surface area contributed by atoms with E-state index in [1.54, 1.807) is 17.0 Å². The summed E-state index contributed by atoms with van der Waals surface area (Å²) in [5.74, 6) is -0.468. The number of carboxylic acid groups (broad SMARTS) is 1. The Balaban J connectivity index is 1.94. The van der Waals surface area contributed by atoms with Crippen LogP contribution in [0.4, 0.5) is 9.18 Å². The third kappa shape index (κ3) is 4.66. The highest BCUT2D eigenvalue weighted by Crippen LogP contribution is 2.18. The smallest absolute Gasteiger partial charge is 0.405 e. The van der Waals surface area contributed by atoms with Gasteiger partial charge >= 0.3 is 6.09 Å². The summed E-state index contributed by atoms with van der Waals surface area (Å²) in [4.78, 5) is 26.5. The van der Waals surface area contributed by atoms with E-state index in [4.69, 9.17) is 5.11 Å². The molecule has 1 fully saturated rings. The van der Waals surface area contributed by atoms with E-state index in [-0.39, 0.29) is 30.4 Å². The van der Waals surface area contributed by atoms with Crippen molar-refractivity contribution in [3.63, 3.8) is 0 Å². The Bertz CT molecular complexity index is 564. The Morgan fingerprint density at radius 1 is 1.22 bits per heavy atom. The minimum Gasteiger partial charge on any atom is -0.465 e. The summed E-state index contributed by atoms with van der Waals surface area (Å²) >= 11 is 0. The summed E-state index contributed by atoms with van der Waals surface area (Å²) in [7, 11) is 0. The fourth-order valence-corrected chi connectivity index (χ4v) is 2.84. The fourth-order valence-electron chi connectivity index (χ4n) is 2.84. The largest absolute Gasteiger partial charge is 0.465 e. The monoisotopic (exact) mass is 323 g/mol. The zero-order valence-electron chi connectivity index (χ0n) is 13.3. The average Bonchev–Trinajstić information content (AvgIpc) is 2.50. The second-order valence-corrected chi connectivity index (χ2v) is 5.96. The van der Waals surface area contributed by atoms with Gasteiger partial charge in [0.1, 0.15) is 12.4 Å². The van der Waals surface area contributed by atoms with Crippen LogP contribution in [-0.4, -0.2) is 58.6 Å². The van der Waals surface area contributed by atoms with Gasteiger partial charge < -0.3 is 15.3 Å². The van der Waals surface area contributed by atoms with Gasteiger partial charge in [0.15, 0.2) is 0 Å². The number of nitrogens with one attached hydrogen (secondary N) is 1. The molecule has 23 heavy (non-hydrogen) atoms. The molecule has 6 nitrogen and oxygen atoms in total. The lowest BCUT2D eigenvalue weighted by Crippen LogP contribution is -2.59. The Labute approximate surface area is 134 Å². The summed E-state index contributed by atoms with van der Waals surface area (Å²) in [6, 6.07) is 6.56. The highest BCUT2D eigenvalue weighted by molar-refractivity contribution is 5.82. The maximum Gasteiger partial charge on any atom is 0.405 e. The number of amides is 2. The Kier molecular flexibility index (Phi) is 5.54. The van der Waals surface area contributed by atoms with E-state index < -0.39 is 6.09 Å². The molecule has 0 bridgehead atoms. The molecule has 0 spiro atoms. The van der Waals surface area contributed by atoms with Gasteiger partial charge in [-0.3, -0.25) is 9.69 Å². The molecule has 126 valence electrons. The molecule has 2 amide bonds. The minimum absolute atomic E-state index is 0.00487. The number of rotatable bonds is 4. The van der Waals surface area contributed by atoms with E-state index in [9.17, 15) is 14.0 Å². The van der Waals surface area contributed by atoms with Crippen molar-refractivity contribution in [1.82, 2.24) is 15.1 Å². The molecule has 1 saturated heterocycles. The zero-order valence-corrected chi connectivity index (χ0v) is 13.3. The molecule has 2 N–H and O–H groups in total. The number of piperazine rings is 1. The number of nitrogens with zero attached hydrogens (tertiary/aromatic N) is 2. The van der Waals surface area contributed by atoms with Gasteiger partial charge in [-0.25, -0.2) is 9.18 Å². The fraction of sp³-hybridized carbons (Fsp3) is 0.500. The van der Waals surface area contributed by atoms with E-state index in [0.29, 0.717) is 19.6 Å². The van der Waals surface area contributed by atoms with Crippen molar-refractivity contribution >= 4 is 12.0 Å². The van der Waals surface area contributed by atoms with Crippen molar-refractivity contribution < 1.29 is 19.1 Å². The van der Waals surface area contributed by atoms with Crippen LogP contribution in [0.15, 0.2) is 24.3 Å². The van der Waals surface area contributed by atoms with Gasteiger partial charge in [-0.05, 0) is 31.5 Å². The maximum atomic E-state index is 13.0. The first-order chi connectivity index (χ1) is 10.9. The van der Waals surface area contributed by atoms with Crippen LogP contribution in [0.3, 0.4) is 0 Å². The number of benzene rings is 1. The highest BCUT2D eigenvalue weighted by Gasteiger charge is 2.31. The number of carbonyl (C=O) groups excluding carboxylic acids is 1. The molecule has 2 rings (SSSR count). The number of hydrogen-bond acceptors (Lipinski definition) is 3. The van der Waals surface area contributed by atoms with Crippen LogP contribution in [0.25, 0.3) is 0 Å². The molecule has 0 saturated carbocycles. The molecule has 0 aliphatic carbocycles. The Hall–Kier alpha value is -2.15. The minimum atomic E-state index is -1.20. The summed E-state index contributed by atoms with van der Waals surface area (Å²) in [5.41, 5.74) is 1.03. The predicted octanol–water partition coefficient (Wildman–Crippen LogP) is 1.51. The quantitative estimate of drug-likeness (QED) is 0.881. The zero-order chi connectivity index (χ0) is 17.0. The van der Waals surface area contributed by atoms with Crippen molar-refractivity contribution in [2.45, 2.75) is 32.5 Å². The third-order valence-electron chi connectivity index (χ3n) is 4.13. The highest BCUT2D eigenvalue weighted by atomic mass is 19.1. The lowest BCUT2D eigenvalue weighted by Gasteiger charge is -2.44. The second-order valence-electron chi connectivity index (χ2n) is 5.96. The Morgan fingerprint density at radius 2 is 1.87 bits per heavy atom. The molecule has 2 unspecified atom stereocenters. The summed E-state index contributed by atoms with van der Waals surface area (Å²) < 4.78 is 13.0. The normalized spacial score (nSPS) is 22.0. The van der Waals surface area contributed by atoms with Crippen molar-refractivity contribution in [3.05, 3.63) is 35.6 Å². The van der Waals surface area contributed by atoms with E-state index in [1.807, 2.05) is 13.8 Å². The molecular weight excluding hydrogens is 301 g/mol. The van der Waals surface area contributed by atoms with E-state index in [1.165, 1.54) is 12.1 Å². The molecule has 7 heteroatoms. The van der Waals surface area contributed by atoms with Crippen molar-refractivity contribution in [3.8, 4) is 0 Å². The van der Waals surface area contributed by atoms with Crippen LogP contribution in [-0.2, 0) is 11.3 Å². The summed E-state index contributed by atoms with van der Waals surface area (Å²) in [6.07, 6.45) is -1.20. The van der Waals surface area contributed by atoms with E-state index >= 15 is 0 Å². The van der Waals surface area contributed by atoms with Gasteiger partial charge in [-0.1, -0.05) is 12.1 Å². The summed E-state index contributed by atoms with van der Waals surface area (Å²) in [6.45, 7) is 5.70. The lowest BCUT2D eigenvalue weighted by atomic mass is 10.1. The Morgan fingerprint density at radius 3 is 2.48 bits per heavy atom. The van der Waals surface area contributed by atoms with E-state index in [2.05, 4.69) is 10.2 Å². The van der Waals surface area contributed by atoms with Gasteiger partial charge in [-0.2, -0.15) is 0 Å². The first kappa shape index (κ1) is 17.2. The van der Waals surface area contributed by atoms with Crippen molar-refractivity contribution in [2.75, 3.05) is 19.6 Å². The molecule has 1 heterocycles. The standard InChI is InChI=1S/C16H22FN3O3/c1-11-9-20(15(21)7-18-16(22)23)12(2)8-19(11)10-13-3-5-14(17)6-4-13/h3-6,11-12,18H,7-10H2,1-2H3,(H,22,23). The van der Waals surface area contributed by atoms with Crippen LogP contribution in [0, 0.1) is 5.82 Å². The molecule has 1 aliphatic rings. The van der Waals surface area contributed by atoms with Gasteiger partial charge in [0, 0.05) is 31.7 Å². The number of carbonyl (C=O) groups is 2. The number of halogens is 1. The molecule has 0 radical (unpaired) electrons. The van der Waals surface area contributed by atoms with Gasteiger partial charge in [0.25, 0.3) is 0 Å². The van der Waals surface area contributed by atoms with Gasteiger partial charge in [-0.15, -0.1) is 0 Å². The second kappa shape index (κ2) is 7.41. The van der Waals surface area contributed by atoms with Crippen molar-refractivity contribution in [2.24, 2.45) is 0 Å². The van der Waals surface area contributed by atoms with E-state index in [0.717, 1.165) is 5.56 Å². The molecule has 1 aromatic rings. The van der Waals surface area contributed by atoms with Crippen LogP contribution >= 0.6 is 0 Å². The van der Waals surface area contributed by atoms with Gasteiger partial charge in [0.2, 0.25) is 5.91 Å². The molecule has 0 aromatic heterocycles. The molecule has 1 aliphatic heterocycles. The van der Waals surface area contributed by atoms with Crippen molar-refractivity contribution in [1.29, 1.82) is 0 Å². The molecular formula is C16H22FN3O3. The van der Waals surface area contributed by atoms with Crippen LogP contribution < -0.4 is 5.32 Å². The first-order valence-electron chi connectivity index (χ1n) is 7.61. The lowest BCUT2D eigenvalue weighted by molar-refractivity contribution is -0.136. The van der Waals surface area contributed by atoms with Gasteiger partial charge in [0.05, 0.1) is 0 Å². The topological polar surface area (TPSA) is 72.9 Å².